The van der Waals surface area contributed by atoms with Crippen molar-refractivity contribution in [1.29, 1.82) is 5.26 Å². The fraction of sp³-hybridized carbons (Fsp3) is 0.348. The Labute approximate surface area is 218 Å². The SMILES string of the molecule is COc1cc(C2C(Cl)(Cl)C2(C=O)CNc2ccc(Cl)c(C(=O)NC3(C#N)CC3)c2)cc(F)c1Br. The van der Waals surface area contributed by atoms with Crippen molar-refractivity contribution in [3.8, 4) is 11.8 Å². The number of nitriles is 1. The lowest BCUT2D eigenvalue weighted by Gasteiger charge is -2.16. The number of ether oxygens (including phenoxy) is 1. The van der Waals surface area contributed by atoms with Crippen molar-refractivity contribution >= 4 is 68.6 Å². The van der Waals surface area contributed by atoms with Gasteiger partial charge in [0.1, 0.15) is 27.7 Å². The number of halogens is 5. The smallest absolute Gasteiger partial charge is 0.254 e. The number of aldehydes is 1. The highest BCUT2D eigenvalue weighted by atomic mass is 79.9. The van der Waals surface area contributed by atoms with Gasteiger partial charge in [-0.1, -0.05) is 34.8 Å². The van der Waals surface area contributed by atoms with Gasteiger partial charge in [0, 0.05) is 18.2 Å². The van der Waals surface area contributed by atoms with Gasteiger partial charge in [-0.2, -0.15) is 5.26 Å². The predicted octanol–water partition coefficient (Wildman–Crippen LogP) is 5.60. The van der Waals surface area contributed by atoms with E-state index in [0.717, 1.165) is 0 Å². The Morgan fingerprint density at radius 2 is 2.06 bits per heavy atom. The summed E-state index contributed by atoms with van der Waals surface area (Å²) in [4.78, 5) is 24.8. The molecule has 1 amide bonds. The second-order valence-corrected chi connectivity index (χ2v) is 11.0. The van der Waals surface area contributed by atoms with Crippen LogP contribution in [-0.4, -0.2) is 35.7 Å². The summed E-state index contributed by atoms with van der Waals surface area (Å²) in [6, 6.07) is 9.63. The molecular formula is C23H18BrCl3FN3O3. The lowest BCUT2D eigenvalue weighted by molar-refractivity contribution is -0.112. The van der Waals surface area contributed by atoms with E-state index in [2.05, 4.69) is 32.6 Å². The van der Waals surface area contributed by atoms with Crippen LogP contribution in [0.25, 0.3) is 0 Å². The third kappa shape index (κ3) is 4.13. The van der Waals surface area contributed by atoms with Gasteiger partial charge in [0.05, 0.1) is 33.7 Å². The number of anilines is 1. The topological polar surface area (TPSA) is 91.2 Å². The van der Waals surface area contributed by atoms with Crippen molar-refractivity contribution < 1.29 is 18.7 Å². The van der Waals surface area contributed by atoms with Gasteiger partial charge >= 0.3 is 0 Å². The summed E-state index contributed by atoms with van der Waals surface area (Å²) in [6.07, 6.45) is 1.83. The molecule has 0 saturated heterocycles. The van der Waals surface area contributed by atoms with Crippen LogP contribution in [0.4, 0.5) is 10.1 Å². The van der Waals surface area contributed by atoms with E-state index < -0.39 is 32.9 Å². The summed E-state index contributed by atoms with van der Waals surface area (Å²) in [7, 11) is 1.40. The summed E-state index contributed by atoms with van der Waals surface area (Å²) in [6.45, 7) is 0.0129. The van der Waals surface area contributed by atoms with Gasteiger partial charge < -0.3 is 20.2 Å². The summed E-state index contributed by atoms with van der Waals surface area (Å²) in [5.74, 6) is -1.50. The molecule has 2 aromatic carbocycles. The van der Waals surface area contributed by atoms with Crippen molar-refractivity contribution in [3.63, 3.8) is 0 Å². The highest BCUT2D eigenvalue weighted by Crippen LogP contribution is 2.73. The molecule has 0 radical (unpaired) electrons. The zero-order valence-corrected chi connectivity index (χ0v) is 21.6. The van der Waals surface area contributed by atoms with Gasteiger partial charge in [0.15, 0.2) is 0 Å². The lowest BCUT2D eigenvalue weighted by atomic mass is 9.99. The molecule has 2 aliphatic carbocycles. The molecule has 0 heterocycles. The first-order valence-electron chi connectivity index (χ1n) is 10.2. The number of nitrogens with zero attached hydrogens (tertiary/aromatic N) is 1. The Kier molecular flexibility index (Phi) is 6.54. The molecule has 0 spiro atoms. The van der Waals surface area contributed by atoms with Crippen LogP contribution in [0.15, 0.2) is 34.8 Å². The average Bonchev–Trinajstić information content (AvgIpc) is 3.68. The quantitative estimate of drug-likeness (QED) is 0.309. The summed E-state index contributed by atoms with van der Waals surface area (Å²) in [5.41, 5.74) is -1.01. The number of benzene rings is 2. The molecule has 2 N–H and O–H groups in total. The molecule has 0 aliphatic heterocycles. The molecule has 2 fully saturated rings. The van der Waals surface area contributed by atoms with Gasteiger partial charge in [0.2, 0.25) is 0 Å². The number of rotatable bonds is 8. The minimum Gasteiger partial charge on any atom is -0.495 e. The van der Waals surface area contributed by atoms with E-state index in [1.807, 2.05) is 0 Å². The molecule has 2 aromatic rings. The summed E-state index contributed by atoms with van der Waals surface area (Å²) in [5, 5.41) is 15.2. The first-order valence-corrected chi connectivity index (χ1v) is 12.1. The number of alkyl halides is 2. The van der Waals surface area contributed by atoms with E-state index in [1.54, 1.807) is 12.1 Å². The molecule has 0 bridgehead atoms. The number of methoxy groups -OCH3 is 1. The first-order chi connectivity index (χ1) is 16.0. The van der Waals surface area contributed by atoms with Crippen LogP contribution in [-0.2, 0) is 4.79 Å². The van der Waals surface area contributed by atoms with Gasteiger partial charge in [-0.05, 0) is 64.7 Å². The molecule has 2 atom stereocenters. The maximum absolute atomic E-state index is 14.4. The molecule has 11 heteroatoms. The molecule has 34 heavy (non-hydrogen) atoms. The maximum atomic E-state index is 14.4. The van der Waals surface area contributed by atoms with Crippen molar-refractivity contribution in [2.75, 3.05) is 19.0 Å². The number of carbonyl (C=O) groups is 2. The van der Waals surface area contributed by atoms with Crippen LogP contribution in [0.1, 0.15) is 34.7 Å². The van der Waals surface area contributed by atoms with E-state index in [4.69, 9.17) is 39.5 Å². The molecule has 178 valence electrons. The van der Waals surface area contributed by atoms with E-state index >= 15 is 0 Å². The Morgan fingerprint density at radius 1 is 1.35 bits per heavy atom. The van der Waals surface area contributed by atoms with Crippen molar-refractivity contribution in [2.45, 2.75) is 28.6 Å². The second-order valence-electron chi connectivity index (χ2n) is 8.43. The molecule has 4 rings (SSSR count). The molecule has 2 aliphatic rings. The normalized spacial score (nSPS) is 23.4. The fourth-order valence-corrected chi connectivity index (χ4v) is 5.59. The highest BCUT2D eigenvalue weighted by molar-refractivity contribution is 9.10. The minimum absolute atomic E-state index is 0.0129. The van der Waals surface area contributed by atoms with Gasteiger partial charge in [-0.15, -0.1) is 0 Å². The number of carbonyl (C=O) groups excluding carboxylic acids is 2. The Hall–Kier alpha value is -2.05. The standard InChI is InChI=1S/C23H18BrCl3FN3O3/c1-34-17-7-12(6-16(28)18(17)24)19-22(11-32,23(19,26)27)10-30-13-2-3-15(25)14(8-13)20(33)31-21(9-29)4-5-21/h2-3,6-8,11,19,30H,4-5,10H2,1H3,(H,31,33). The van der Waals surface area contributed by atoms with Crippen LogP contribution in [0, 0.1) is 22.6 Å². The van der Waals surface area contributed by atoms with Crippen molar-refractivity contribution in [1.82, 2.24) is 5.32 Å². The largest absolute Gasteiger partial charge is 0.495 e. The van der Waals surface area contributed by atoms with Gasteiger partial charge in [0.25, 0.3) is 5.91 Å². The number of hydrogen-bond acceptors (Lipinski definition) is 5. The Morgan fingerprint density at radius 3 is 2.65 bits per heavy atom. The number of hydrogen-bond donors (Lipinski definition) is 2. The average molecular weight is 590 g/mol. The van der Waals surface area contributed by atoms with Crippen LogP contribution in [0.2, 0.25) is 5.02 Å². The van der Waals surface area contributed by atoms with E-state index in [9.17, 15) is 19.2 Å². The third-order valence-electron chi connectivity index (χ3n) is 6.31. The molecule has 6 nitrogen and oxygen atoms in total. The molecule has 2 unspecified atom stereocenters. The zero-order chi connectivity index (χ0) is 24.9. The molecular weight excluding hydrogens is 572 g/mol. The monoisotopic (exact) mass is 587 g/mol. The Balaban J connectivity index is 1.56. The summed E-state index contributed by atoms with van der Waals surface area (Å²) >= 11 is 22.4. The summed E-state index contributed by atoms with van der Waals surface area (Å²) < 4.78 is 18.2. The second kappa shape index (κ2) is 8.87. The Bertz CT molecular complexity index is 1230. The van der Waals surface area contributed by atoms with Crippen molar-refractivity contribution in [3.05, 3.63) is 56.8 Å². The number of amides is 1. The molecule has 2 saturated carbocycles. The van der Waals surface area contributed by atoms with E-state index in [0.29, 0.717) is 30.4 Å². The van der Waals surface area contributed by atoms with Crippen LogP contribution < -0.4 is 15.4 Å². The van der Waals surface area contributed by atoms with E-state index in [1.165, 1.54) is 25.3 Å². The molecule has 0 aromatic heterocycles. The van der Waals surface area contributed by atoms with Gasteiger partial charge in [-0.25, -0.2) is 4.39 Å². The number of nitrogens with one attached hydrogen (secondary N) is 2. The first kappa shape index (κ1) is 25.1. The third-order valence-corrected chi connectivity index (χ3v) is 8.55. The van der Waals surface area contributed by atoms with Crippen molar-refractivity contribution in [2.24, 2.45) is 5.41 Å². The predicted molar refractivity (Wildman–Crippen MR) is 131 cm³/mol. The maximum Gasteiger partial charge on any atom is 0.254 e. The minimum atomic E-state index is -1.50. The van der Waals surface area contributed by atoms with Crippen LogP contribution >= 0.6 is 50.7 Å². The van der Waals surface area contributed by atoms with Gasteiger partial charge in [-0.3, -0.25) is 4.79 Å². The fourth-order valence-electron chi connectivity index (χ4n) is 4.02. The van der Waals surface area contributed by atoms with Crippen LogP contribution in [0.3, 0.4) is 0 Å². The lowest BCUT2D eigenvalue weighted by Crippen LogP contribution is -2.35. The highest BCUT2D eigenvalue weighted by Gasteiger charge is 2.76. The van der Waals surface area contributed by atoms with E-state index in [-0.39, 0.29) is 27.4 Å². The zero-order valence-electron chi connectivity index (χ0n) is 17.7. The van der Waals surface area contributed by atoms with Crippen LogP contribution in [0.5, 0.6) is 5.75 Å².